The quantitative estimate of drug-likeness (QED) is 0.832. The second-order valence-electron chi connectivity index (χ2n) is 6.23. The van der Waals surface area contributed by atoms with E-state index in [1.165, 1.54) is 0 Å². The molecule has 0 saturated carbocycles. The molecule has 1 N–H and O–H groups in total. The number of ether oxygens (including phenoxy) is 1. The Morgan fingerprint density at radius 1 is 1.37 bits per heavy atom. The van der Waals surface area contributed by atoms with Crippen molar-refractivity contribution >= 4 is 6.03 Å². The average molecular weight is 269 g/mol. The molecule has 19 heavy (non-hydrogen) atoms. The number of carbonyl (C=O) groups excluding carboxylic acids is 1. The molecule has 2 rings (SSSR count). The van der Waals surface area contributed by atoms with Crippen molar-refractivity contribution in [1.29, 1.82) is 0 Å². The van der Waals surface area contributed by atoms with Gasteiger partial charge < -0.3 is 19.9 Å². The molecule has 0 aliphatic carbocycles. The lowest BCUT2D eigenvalue weighted by Gasteiger charge is -2.30. The third kappa shape index (κ3) is 3.20. The van der Waals surface area contributed by atoms with Gasteiger partial charge in [-0.2, -0.15) is 0 Å². The topological polar surface area (TPSA) is 44.8 Å². The Hall–Kier alpha value is -0.810. The van der Waals surface area contributed by atoms with E-state index in [1.54, 1.807) is 0 Å². The van der Waals surface area contributed by atoms with E-state index >= 15 is 0 Å². The van der Waals surface area contributed by atoms with Crippen LogP contribution in [-0.2, 0) is 4.74 Å². The van der Waals surface area contributed by atoms with Crippen molar-refractivity contribution < 1.29 is 9.53 Å². The molecule has 0 radical (unpaired) electrons. The molecule has 0 aromatic heterocycles. The summed E-state index contributed by atoms with van der Waals surface area (Å²) in [5.41, 5.74) is 0. The summed E-state index contributed by atoms with van der Waals surface area (Å²) >= 11 is 0. The lowest BCUT2D eigenvalue weighted by atomic mass is 10.0. The standard InChI is InChI=1S/C14H27N3O2/c1-10(2)13-8-16(14(18)17(13)11(3)4)7-12-9-19-6-5-15-12/h10-13,15H,5-9H2,1-4H3. The molecule has 5 heteroatoms. The van der Waals surface area contributed by atoms with Gasteiger partial charge in [-0.05, 0) is 19.8 Å². The maximum absolute atomic E-state index is 12.5. The van der Waals surface area contributed by atoms with Crippen LogP contribution < -0.4 is 5.32 Å². The minimum Gasteiger partial charge on any atom is -0.378 e. The Balaban J connectivity index is 2.00. The second kappa shape index (κ2) is 6.09. The summed E-state index contributed by atoms with van der Waals surface area (Å²) < 4.78 is 5.46. The van der Waals surface area contributed by atoms with E-state index in [4.69, 9.17) is 4.74 Å². The van der Waals surface area contributed by atoms with E-state index in [2.05, 4.69) is 33.0 Å². The first-order valence-electron chi connectivity index (χ1n) is 7.39. The van der Waals surface area contributed by atoms with E-state index in [0.717, 1.165) is 26.2 Å². The molecule has 0 spiro atoms. The fraction of sp³-hybridized carbons (Fsp3) is 0.929. The Bertz CT molecular complexity index is 314. The third-order valence-electron chi connectivity index (χ3n) is 4.02. The fourth-order valence-corrected chi connectivity index (χ4v) is 2.99. The molecule has 2 unspecified atom stereocenters. The van der Waals surface area contributed by atoms with Crippen molar-refractivity contribution in [2.75, 3.05) is 32.8 Å². The zero-order valence-corrected chi connectivity index (χ0v) is 12.6. The van der Waals surface area contributed by atoms with Gasteiger partial charge in [0, 0.05) is 31.7 Å². The normalized spacial score (nSPS) is 28.8. The molecule has 2 atom stereocenters. The van der Waals surface area contributed by atoms with Gasteiger partial charge in [0.1, 0.15) is 0 Å². The van der Waals surface area contributed by atoms with Crippen LogP contribution >= 0.6 is 0 Å². The van der Waals surface area contributed by atoms with Gasteiger partial charge in [0.15, 0.2) is 0 Å². The van der Waals surface area contributed by atoms with Crippen molar-refractivity contribution in [1.82, 2.24) is 15.1 Å². The highest BCUT2D eigenvalue weighted by atomic mass is 16.5. The number of hydrogen-bond donors (Lipinski definition) is 1. The van der Waals surface area contributed by atoms with Gasteiger partial charge in [0.25, 0.3) is 0 Å². The molecule has 0 aromatic carbocycles. The number of nitrogens with zero attached hydrogens (tertiary/aromatic N) is 2. The minimum atomic E-state index is 0.182. The van der Waals surface area contributed by atoms with E-state index in [1.807, 2.05) is 9.80 Å². The zero-order valence-electron chi connectivity index (χ0n) is 12.6. The van der Waals surface area contributed by atoms with Crippen LogP contribution in [0.15, 0.2) is 0 Å². The number of hydrogen-bond acceptors (Lipinski definition) is 3. The number of amides is 2. The SMILES string of the molecule is CC(C)C1CN(CC2COCCN2)C(=O)N1C(C)C. The lowest BCUT2D eigenvalue weighted by Crippen LogP contribution is -2.49. The molecule has 2 heterocycles. The summed E-state index contributed by atoms with van der Waals surface area (Å²) in [7, 11) is 0. The fourth-order valence-electron chi connectivity index (χ4n) is 2.99. The van der Waals surface area contributed by atoms with Crippen LogP contribution in [-0.4, -0.2) is 66.8 Å². The number of nitrogens with one attached hydrogen (secondary N) is 1. The summed E-state index contributed by atoms with van der Waals surface area (Å²) in [5, 5.41) is 3.42. The largest absolute Gasteiger partial charge is 0.378 e. The molecule has 2 fully saturated rings. The summed E-state index contributed by atoms with van der Waals surface area (Å²) in [5.74, 6) is 0.493. The van der Waals surface area contributed by atoms with Gasteiger partial charge in [0.05, 0.1) is 19.3 Å². The summed E-state index contributed by atoms with van der Waals surface area (Å²) in [6.45, 7) is 12.5. The molecular formula is C14H27N3O2. The molecule has 2 aliphatic rings. The molecule has 110 valence electrons. The Morgan fingerprint density at radius 3 is 2.58 bits per heavy atom. The third-order valence-corrected chi connectivity index (χ3v) is 4.02. The molecule has 2 amide bonds. The highest BCUT2D eigenvalue weighted by Crippen LogP contribution is 2.24. The monoisotopic (exact) mass is 269 g/mol. The maximum Gasteiger partial charge on any atom is 0.320 e. The van der Waals surface area contributed by atoms with Crippen LogP contribution in [0.5, 0.6) is 0 Å². The predicted octanol–water partition coefficient (Wildman–Crippen LogP) is 1.15. The van der Waals surface area contributed by atoms with Crippen molar-refractivity contribution in [3.05, 3.63) is 0 Å². The summed E-state index contributed by atoms with van der Waals surface area (Å²) in [6.07, 6.45) is 0. The average Bonchev–Trinajstić information content (AvgIpc) is 2.68. The second-order valence-corrected chi connectivity index (χ2v) is 6.23. The van der Waals surface area contributed by atoms with Crippen molar-refractivity contribution in [3.63, 3.8) is 0 Å². The first kappa shape index (κ1) is 14.6. The van der Waals surface area contributed by atoms with Gasteiger partial charge in [-0.1, -0.05) is 13.8 Å². The predicted molar refractivity (Wildman–Crippen MR) is 75.2 cm³/mol. The van der Waals surface area contributed by atoms with Crippen LogP contribution in [0, 0.1) is 5.92 Å². The molecule has 5 nitrogen and oxygen atoms in total. The first-order valence-corrected chi connectivity index (χ1v) is 7.39. The maximum atomic E-state index is 12.5. The van der Waals surface area contributed by atoms with Crippen LogP contribution in [0.2, 0.25) is 0 Å². The molecule has 0 aromatic rings. The van der Waals surface area contributed by atoms with Gasteiger partial charge in [-0.3, -0.25) is 0 Å². The molecule has 2 aliphatic heterocycles. The van der Waals surface area contributed by atoms with Gasteiger partial charge in [-0.25, -0.2) is 4.79 Å². The smallest absolute Gasteiger partial charge is 0.320 e. The van der Waals surface area contributed by atoms with Crippen LogP contribution in [0.1, 0.15) is 27.7 Å². The molecule has 0 bridgehead atoms. The van der Waals surface area contributed by atoms with Gasteiger partial charge >= 0.3 is 6.03 Å². The molecular weight excluding hydrogens is 242 g/mol. The van der Waals surface area contributed by atoms with E-state index in [9.17, 15) is 4.79 Å². The van der Waals surface area contributed by atoms with E-state index in [-0.39, 0.29) is 18.1 Å². The Labute approximate surface area is 116 Å². The number of rotatable bonds is 4. The van der Waals surface area contributed by atoms with Crippen molar-refractivity contribution in [3.8, 4) is 0 Å². The Kier molecular flexibility index (Phi) is 4.68. The minimum absolute atomic E-state index is 0.182. The highest BCUT2D eigenvalue weighted by molar-refractivity contribution is 5.77. The van der Waals surface area contributed by atoms with Crippen LogP contribution in [0.25, 0.3) is 0 Å². The van der Waals surface area contributed by atoms with Gasteiger partial charge in [0.2, 0.25) is 0 Å². The number of morpholine rings is 1. The Morgan fingerprint density at radius 2 is 2.11 bits per heavy atom. The molecule has 2 saturated heterocycles. The number of carbonyl (C=O) groups is 1. The summed E-state index contributed by atoms with van der Waals surface area (Å²) in [6, 6.07) is 1.05. The zero-order chi connectivity index (χ0) is 14.0. The first-order chi connectivity index (χ1) is 9.00. The van der Waals surface area contributed by atoms with Gasteiger partial charge in [-0.15, -0.1) is 0 Å². The van der Waals surface area contributed by atoms with Crippen molar-refractivity contribution in [2.45, 2.75) is 45.8 Å². The highest BCUT2D eigenvalue weighted by Gasteiger charge is 2.40. The van der Waals surface area contributed by atoms with Crippen LogP contribution in [0.4, 0.5) is 4.79 Å². The van der Waals surface area contributed by atoms with Crippen molar-refractivity contribution in [2.24, 2.45) is 5.92 Å². The van der Waals surface area contributed by atoms with Crippen LogP contribution in [0.3, 0.4) is 0 Å². The summed E-state index contributed by atoms with van der Waals surface area (Å²) in [4.78, 5) is 16.5. The van der Waals surface area contributed by atoms with E-state index in [0.29, 0.717) is 18.6 Å². The lowest BCUT2D eigenvalue weighted by molar-refractivity contribution is 0.0675. The van der Waals surface area contributed by atoms with E-state index < -0.39 is 0 Å². The number of urea groups is 1.